The molecule has 1 aromatic heterocycles. The minimum absolute atomic E-state index is 0.398. The average molecular weight is 260 g/mol. The topological polar surface area (TPSA) is 50.1 Å². The van der Waals surface area contributed by atoms with Gasteiger partial charge in [0.1, 0.15) is 15.8 Å². The Kier molecular flexibility index (Phi) is 3.07. The van der Waals surface area contributed by atoms with Crippen LogP contribution in [0.3, 0.4) is 0 Å². The first-order chi connectivity index (χ1) is 6.11. The molecule has 0 atom stereocenters. The molecule has 0 unspecified atom stereocenters. The van der Waals surface area contributed by atoms with Gasteiger partial charge in [-0.1, -0.05) is 0 Å². The summed E-state index contributed by atoms with van der Waals surface area (Å²) in [5, 5.41) is 8.69. The molecular weight excluding hydrogens is 254 g/mol. The molecule has 1 heterocycles. The van der Waals surface area contributed by atoms with Crippen LogP contribution in [-0.2, 0) is 4.74 Å². The molecule has 13 heavy (non-hydrogen) atoms. The number of methoxy groups -OCH3 is 1. The van der Waals surface area contributed by atoms with Gasteiger partial charge < -0.3 is 4.74 Å². The Morgan fingerprint density at radius 2 is 2.31 bits per heavy atom. The third-order valence-corrected chi connectivity index (χ3v) is 3.98. The fraction of sp³-hybridized carbons (Fsp3) is 0.250. The molecule has 0 saturated carbocycles. The smallest absolute Gasteiger partial charge is 0.348 e. The van der Waals surface area contributed by atoms with Crippen molar-refractivity contribution in [2.45, 2.75) is 6.92 Å². The van der Waals surface area contributed by atoms with E-state index in [-0.39, 0.29) is 0 Å². The Morgan fingerprint density at radius 1 is 1.69 bits per heavy atom. The summed E-state index contributed by atoms with van der Waals surface area (Å²) in [4.78, 5) is 12.1. The van der Waals surface area contributed by atoms with E-state index in [0.717, 1.165) is 16.9 Å². The van der Waals surface area contributed by atoms with Crippen molar-refractivity contribution in [2.75, 3.05) is 7.11 Å². The number of ether oxygens (including phenoxy) is 1. The normalized spacial score (nSPS) is 9.38. The fourth-order valence-electron chi connectivity index (χ4n) is 0.853. The summed E-state index contributed by atoms with van der Waals surface area (Å²) in [7, 11) is 1.32. The van der Waals surface area contributed by atoms with E-state index in [1.54, 1.807) is 6.92 Å². The van der Waals surface area contributed by atoms with Crippen LogP contribution in [0.5, 0.6) is 0 Å². The highest BCUT2D eigenvalue weighted by Crippen LogP contribution is 2.32. The summed E-state index contributed by atoms with van der Waals surface area (Å²) in [5.74, 6) is -0.398. The zero-order chi connectivity index (χ0) is 10.0. The van der Waals surface area contributed by atoms with Gasteiger partial charge >= 0.3 is 5.97 Å². The Labute approximate surface area is 88.1 Å². The summed E-state index contributed by atoms with van der Waals surface area (Å²) >= 11 is 4.38. The van der Waals surface area contributed by atoms with Gasteiger partial charge in [0.15, 0.2) is 0 Å². The number of nitriles is 1. The first-order valence-electron chi connectivity index (χ1n) is 3.39. The van der Waals surface area contributed by atoms with Gasteiger partial charge in [0.2, 0.25) is 0 Å². The molecule has 0 aromatic carbocycles. The first kappa shape index (κ1) is 10.2. The number of nitrogens with zero attached hydrogens (tertiary/aromatic N) is 1. The summed E-state index contributed by atoms with van der Waals surface area (Å²) in [6.07, 6.45) is 0. The van der Waals surface area contributed by atoms with Crippen LogP contribution < -0.4 is 0 Å². The Balaban J connectivity index is 3.27. The standard InChI is InChI=1S/C8H6BrNO2S/c1-4-6(9)5(3-10)13-7(4)8(11)12-2/h1-2H3. The van der Waals surface area contributed by atoms with Gasteiger partial charge in [-0.2, -0.15) is 5.26 Å². The third-order valence-electron chi connectivity index (χ3n) is 1.55. The number of hydrogen-bond acceptors (Lipinski definition) is 4. The molecule has 68 valence electrons. The molecule has 5 heteroatoms. The van der Waals surface area contributed by atoms with Crippen molar-refractivity contribution in [1.82, 2.24) is 0 Å². The molecule has 1 rings (SSSR count). The van der Waals surface area contributed by atoms with Crippen molar-refractivity contribution in [3.05, 3.63) is 19.8 Å². The lowest BCUT2D eigenvalue weighted by molar-refractivity contribution is 0.0605. The summed E-state index contributed by atoms with van der Waals surface area (Å²) in [6, 6.07) is 2.00. The van der Waals surface area contributed by atoms with E-state index in [2.05, 4.69) is 20.7 Å². The molecule has 0 aliphatic rings. The molecular formula is C8H6BrNO2S. The quantitative estimate of drug-likeness (QED) is 0.729. The van der Waals surface area contributed by atoms with Gasteiger partial charge in [-0.3, -0.25) is 0 Å². The molecule has 0 aliphatic carbocycles. The zero-order valence-corrected chi connectivity index (χ0v) is 9.45. The highest BCUT2D eigenvalue weighted by Gasteiger charge is 2.18. The van der Waals surface area contributed by atoms with Crippen LogP contribution >= 0.6 is 27.3 Å². The van der Waals surface area contributed by atoms with Crippen molar-refractivity contribution < 1.29 is 9.53 Å². The Morgan fingerprint density at radius 3 is 2.69 bits per heavy atom. The van der Waals surface area contributed by atoms with Crippen molar-refractivity contribution in [3.63, 3.8) is 0 Å². The highest BCUT2D eigenvalue weighted by atomic mass is 79.9. The Bertz CT molecular complexity index is 392. The van der Waals surface area contributed by atoms with Crippen LogP contribution in [-0.4, -0.2) is 13.1 Å². The second-order valence-electron chi connectivity index (χ2n) is 2.30. The van der Waals surface area contributed by atoms with Gasteiger partial charge in [-0.05, 0) is 28.4 Å². The van der Waals surface area contributed by atoms with Crippen molar-refractivity contribution >= 4 is 33.2 Å². The van der Waals surface area contributed by atoms with Crippen molar-refractivity contribution in [3.8, 4) is 6.07 Å². The fourth-order valence-corrected chi connectivity index (χ4v) is 2.43. The molecule has 0 radical (unpaired) electrons. The van der Waals surface area contributed by atoms with E-state index in [0.29, 0.717) is 14.2 Å². The molecule has 0 fully saturated rings. The Hall–Kier alpha value is -0.860. The van der Waals surface area contributed by atoms with E-state index < -0.39 is 5.97 Å². The summed E-state index contributed by atoms with van der Waals surface area (Å²) in [6.45, 7) is 1.77. The summed E-state index contributed by atoms with van der Waals surface area (Å²) in [5.41, 5.74) is 0.758. The number of thiophene rings is 1. The molecule has 0 saturated heterocycles. The lowest BCUT2D eigenvalue weighted by Gasteiger charge is -1.95. The van der Waals surface area contributed by atoms with Crippen LogP contribution in [0.15, 0.2) is 4.47 Å². The maximum atomic E-state index is 11.2. The highest BCUT2D eigenvalue weighted by molar-refractivity contribution is 9.10. The van der Waals surface area contributed by atoms with Crippen LogP contribution in [0.4, 0.5) is 0 Å². The van der Waals surface area contributed by atoms with E-state index in [4.69, 9.17) is 5.26 Å². The molecule has 0 N–H and O–H groups in total. The number of carbonyl (C=O) groups excluding carboxylic acids is 1. The predicted molar refractivity (Wildman–Crippen MR) is 52.8 cm³/mol. The van der Waals surface area contributed by atoms with E-state index in [9.17, 15) is 4.79 Å². The van der Waals surface area contributed by atoms with Crippen LogP contribution in [0.2, 0.25) is 0 Å². The molecule has 3 nitrogen and oxygen atoms in total. The number of carbonyl (C=O) groups is 1. The minimum atomic E-state index is -0.398. The molecule has 0 spiro atoms. The minimum Gasteiger partial charge on any atom is -0.465 e. The van der Waals surface area contributed by atoms with E-state index in [1.165, 1.54) is 7.11 Å². The lowest BCUT2D eigenvalue weighted by Crippen LogP contribution is -1.99. The SMILES string of the molecule is COC(=O)c1sc(C#N)c(Br)c1C. The van der Waals surface area contributed by atoms with Gasteiger partial charge in [-0.15, -0.1) is 11.3 Å². The summed E-state index contributed by atoms with van der Waals surface area (Å²) < 4.78 is 5.25. The number of esters is 1. The number of halogens is 1. The maximum absolute atomic E-state index is 11.2. The molecule has 0 amide bonds. The predicted octanol–water partition coefficient (Wildman–Crippen LogP) is 2.48. The third kappa shape index (κ3) is 1.74. The van der Waals surface area contributed by atoms with Gasteiger partial charge in [-0.25, -0.2) is 4.79 Å². The largest absolute Gasteiger partial charge is 0.465 e. The van der Waals surface area contributed by atoms with Crippen LogP contribution in [0.1, 0.15) is 20.1 Å². The van der Waals surface area contributed by atoms with Gasteiger partial charge in [0.05, 0.1) is 11.6 Å². The number of hydrogen-bond donors (Lipinski definition) is 0. The zero-order valence-electron chi connectivity index (χ0n) is 7.05. The van der Waals surface area contributed by atoms with E-state index >= 15 is 0 Å². The molecule has 0 aliphatic heterocycles. The van der Waals surface area contributed by atoms with Crippen LogP contribution in [0.25, 0.3) is 0 Å². The second-order valence-corrected chi connectivity index (χ2v) is 4.12. The second kappa shape index (κ2) is 3.90. The van der Waals surface area contributed by atoms with Crippen molar-refractivity contribution in [2.24, 2.45) is 0 Å². The average Bonchev–Trinajstić information content (AvgIpc) is 2.43. The van der Waals surface area contributed by atoms with E-state index in [1.807, 2.05) is 6.07 Å². The van der Waals surface area contributed by atoms with Crippen LogP contribution in [0, 0.1) is 18.3 Å². The lowest BCUT2D eigenvalue weighted by atomic mass is 10.3. The van der Waals surface area contributed by atoms with Crippen molar-refractivity contribution in [1.29, 1.82) is 5.26 Å². The molecule has 1 aromatic rings. The van der Waals surface area contributed by atoms with Gasteiger partial charge in [0.25, 0.3) is 0 Å². The first-order valence-corrected chi connectivity index (χ1v) is 5.00. The van der Waals surface area contributed by atoms with Gasteiger partial charge in [0, 0.05) is 0 Å². The molecule has 0 bridgehead atoms. The number of rotatable bonds is 1. The monoisotopic (exact) mass is 259 g/mol. The maximum Gasteiger partial charge on any atom is 0.348 e.